The lowest BCUT2D eigenvalue weighted by atomic mass is 10.0. The second-order valence-corrected chi connectivity index (χ2v) is 6.09. The largest absolute Gasteiger partial charge is 1.00 e. The van der Waals surface area contributed by atoms with Gasteiger partial charge in [-0.25, -0.2) is 0 Å². The summed E-state index contributed by atoms with van der Waals surface area (Å²) in [6, 6.07) is 0.861. The van der Waals surface area contributed by atoms with E-state index >= 15 is 0 Å². The molecule has 0 heterocycles. The summed E-state index contributed by atoms with van der Waals surface area (Å²) < 4.78 is 1.41. The highest BCUT2D eigenvalue weighted by Crippen LogP contribution is 2.22. The summed E-state index contributed by atoms with van der Waals surface area (Å²) in [7, 11) is 0. The molecular formula is C17H38ClN. The first-order valence-electron chi connectivity index (χ1n) is 8.52. The van der Waals surface area contributed by atoms with Crippen LogP contribution in [0.1, 0.15) is 86.0 Å². The Balaban J connectivity index is 0. The SMILES string of the molecule is CCCC[N+](CCCC)(CCCC)C(C)CCC.[Cl-]. The van der Waals surface area contributed by atoms with E-state index in [1.807, 2.05) is 0 Å². The molecule has 0 saturated heterocycles. The molecule has 0 spiro atoms. The second-order valence-electron chi connectivity index (χ2n) is 6.09. The minimum Gasteiger partial charge on any atom is -1.00 e. The molecule has 0 aliphatic rings. The Bertz CT molecular complexity index is 160. The number of nitrogens with zero attached hydrogens (tertiary/aromatic N) is 1. The van der Waals surface area contributed by atoms with Gasteiger partial charge in [-0.15, -0.1) is 0 Å². The van der Waals surface area contributed by atoms with Crippen LogP contribution in [0.3, 0.4) is 0 Å². The van der Waals surface area contributed by atoms with Crippen molar-refractivity contribution in [3.05, 3.63) is 0 Å². The molecule has 0 amide bonds. The summed E-state index contributed by atoms with van der Waals surface area (Å²) in [4.78, 5) is 0. The molecule has 1 nitrogen and oxygen atoms in total. The van der Waals surface area contributed by atoms with Crippen molar-refractivity contribution in [3.8, 4) is 0 Å². The van der Waals surface area contributed by atoms with Crippen molar-refractivity contribution in [2.24, 2.45) is 0 Å². The van der Waals surface area contributed by atoms with Gasteiger partial charge in [0, 0.05) is 0 Å². The van der Waals surface area contributed by atoms with Crippen molar-refractivity contribution in [2.75, 3.05) is 19.6 Å². The number of unbranched alkanes of at least 4 members (excludes halogenated alkanes) is 3. The molecule has 0 radical (unpaired) electrons. The molecule has 0 aromatic heterocycles. The fourth-order valence-corrected chi connectivity index (χ4v) is 3.11. The Morgan fingerprint density at radius 1 is 0.684 bits per heavy atom. The van der Waals surface area contributed by atoms with E-state index in [0.717, 1.165) is 6.04 Å². The molecular weight excluding hydrogens is 254 g/mol. The predicted octanol–water partition coefficient (Wildman–Crippen LogP) is 2.40. The Morgan fingerprint density at radius 2 is 1.05 bits per heavy atom. The van der Waals surface area contributed by atoms with Gasteiger partial charge in [0.2, 0.25) is 0 Å². The Kier molecular flexibility index (Phi) is 15.0. The van der Waals surface area contributed by atoms with Gasteiger partial charge in [0.1, 0.15) is 0 Å². The van der Waals surface area contributed by atoms with Gasteiger partial charge in [-0.2, -0.15) is 0 Å². The summed E-state index contributed by atoms with van der Waals surface area (Å²) >= 11 is 0. The lowest BCUT2D eigenvalue weighted by Gasteiger charge is -2.44. The van der Waals surface area contributed by atoms with E-state index in [4.69, 9.17) is 0 Å². The summed E-state index contributed by atoms with van der Waals surface area (Å²) in [5.74, 6) is 0. The van der Waals surface area contributed by atoms with Gasteiger partial charge >= 0.3 is 0 Å². The van der Waals surface area contributed by atoms with E-state index in [2.05, 4.69) is 34.6 Å². The van der Waals surface area contributed by atoms with Crippen LogP contribution in [0.4, 0.5) is 0 Å². The van der Waals surface area contributed by atoms with Gasteiger partial charge in [-0.1, -0.05) is 53.4 Å². The first-order chi connectivity index (χ1) is 8.66. The molecule has 1 atom stereocenters. The molecule has 0 bridgehead atoms. The Labute approximate surface area is 129 Å². The first-order valence-corrected chi connectivity index (χ1v) is 8.52. The van der Waals surface area contributed by atoms with Gasteiger partial charge in [0.15, 0.2) is 0 Å². The minimum absolute atomic E-state index is 0. The molecule has 0 aromatic rings. The number of hydrogen-bond donors (Lipinski definition) is 0. The highest BCUT2D eigenvalue weighted by molar-refractivity contribution is 4.57. The van der Waals surface area contributed by atoms with Crippen molar-refractivity contribution in [1.29, 1.82) is 0 Å². The average molecular weight is 292 g/mol. The van der Waals surface area contributed by atoms with Gasteiger partial charge < -0.3 is 16.9 Å². The van der Waals surface area contributed by atoms with Gasteiger partial charge in [0.05, 0.1) is 25.7 Å². The third-order valence-electron chi connectivity index (χ3n) is 4.51. The zero-order valence-electron chi connectivity index (χ0n) is 14.2. The molecule has 2 heteroatoms. The first kappa shape index (κ1) is 21.5. The third-order valence-corrected chi connectivity index (χ3v) is 4.51. The minimum atomic E-state index is 0. The van der Waals surface area contributed by atoms with Gasteiger partial charge in [0.25, 0.3) is 0 Å². The molecule has 0 fully saturated rings. The van der Waals surface area contributed by atoms with Crippen molar-refractivity contribution in [2.45, 2.75) is 92.0 Å². The molecule has 0 aliphatic heterocycles. The lowest BCUT2D eigenvalue weighted by Crippen LogP contribution is -3.00. The van der Waals surface area contributed by atoms with Crippen LogP contribution in [0.25, 0.3) is 0 Å². The zero-order valence-corrected chi connectivity index (χ0v) is 14.9. The van der Waals surface area contributed by atoms with E-state index in [1.54, 1.807) is 0 Å². The third kappa shape index (κ3) is 8.19. The molecule has 1 unspecified atom stereocenters. The molecule has 118 valence electrons. The predicted molar refractivity (Wildman–Crippen MR) is 84.0 cm³/mol. The topological polar surface area (TPSA) is 0 Å². The van der Waals surface area contributed by atoms with Crippen molar-refractivity contribution in [3.63, 3.8) is 0 Å². The number of quaternary nitrogens is 1. The van der Waals surface area contributed by atoms with Crippen molar-refractivity contribution < 1.29 is 16.9 Å². The normalized spacial score (nSPS) is 13.1. The summed E-state index contributed by atoms with van der Waals surface area (Å²) in [5, 5.41) is 0. The molecule has 19 heavy (non-hydrogen) atoms. The van der Waals surface area contributed by atoms with Gasteiger partial charge in [-0.3, -0.25) is 0 Å². The maximum atomic E-state index is 2.50. The van der Waals surface area contributed by atoms with Crippen LogP contribution in [0.5, 0.6) is 0 Å². The van der Waals surface area contributed by atoms with E-state index < -0.39 is 0 Å². The van der Waals surface area contributed by atoms with E-state index in [9.17, 15) is 0 Å². The van der Waals surface area contributed by atoms with Crippen LogP contribution in [0.15, 0.2) is 0 Å². The fraction of sp³-hybridized carbons (Fsp3) is 1.00. The summed E-state index contributed by atoms with van der Waals surface area (Å²) in [6.45, 7) is 16.1. The molecule has 0 rings (SSSR count). The standard InChI is InChI=1S/C17H38N.ClH/c1-6-10-14-18(15-11-7-2,16-12-8-3)17(5)13-9-4;/h17H,6-16H2,1-5H3;1H/q+1;/p-1. The van der Waals surface area contributed by atoms with Crippen molar-refractivity contribution >= 4 is 0 Å². The quantitative estimate of drug-likeness (QED) is 0.485. The molecule has 0 saturated carbocycles. The van der Waals surface area contributed by atoms with Gasteiger partial charge in [-0.05, 0) is 32.6 Å². The van der Waals surface area contributed by atoms with E-state index in [0.29, 0.717) is 0 Å². The number of rotatable bonds is 12. The smallest absolute Gasteiger partial charge is 0.0861 e. The molecule has 0 N–H and O–H groups in total. The van der Waals surface area contributed by atoms with E-state index in [1.165, 1.54) is 75.5 Å². The lowest BCUT2D eigenvalue weighted by molar-refractivity contribution is -0.950. The average Bonchev–Trinajstić information content (AvgIpc) is 2.38. The Morgan fingerprint density at radius 3 is 1.32 bits per heavy atom. The van der Waals surface area contributed by atoms with Crippen LogP contribution in [-0.4, -0.2) is 30.2 Å². The van der Waals surface area contributed by atoms with Crippen LogP contribution in [0, 0.1) is 0 Å². The fourth-order valence-electron chi connectivity index (χ4n) is 3.11. The van der Waals surface area contributed by atoms with Crippen LogP contribution < -0.4 is 12.4 Å². The van der Waals surface area contributed by atoms with Crippen LogP contribution in [-0.2, 0) is 0 Å². The highest BCUT2D eigenvalue weighted by atomic mass is 35.5. The number of hydrogen-bond acceptors (Lipinski definition) is 0. The maximum Gasteiger partial charge on any atom is 0.0861 e. The van der Waals surface area contributed by atoms with Crippen LogP contribution in [0.2, 0.25) is 0 Å². The Hall–Kier alpha value is 0.250. The number of halogens is 1. The highest BCUT2D eigenvalue weighted by Gasteiger charge is 2.31. The maximum absolute atomic E-state index is 2.50. The van der Waals surface area contributed by atoms with E-state index in [-0.39, 0.29) is 12.4 Å². The zero-order chi connectivity index (χ0) is 13.9. The second kappa shape index (κ2) is 13.2. The summed E-state index contributed by atoms with van der Waals surface area (Å²) in [6.07, 6.45) is 11.0. The van der Waals surface area contributed by atoms with Crippen molar-refractivity contribution in [1.82, 2.24) is 0 Å². The monoisotopic (exact) mass is 291 g/mol. The summed E-state index contributed by atoms with van der Waals surface area (Å²) in [5.41, 5.74) is 0. The molecule has 0 aromatic carbocycles. The van der Waals surface area contributed by atoms with Crippen LogP contribution >= 0.6 is 0 Å². The molecule has 0 aliphatic carbocycles.